The lowest BCUT2D eigenvalue weighted by atomic mass is 10.1. The Kier molecular flexibility index (Phi) is 5.67. The van der Waals surface area contributed by atoms with E-state index in [0.717, 1.165) is 44.8 Å². The molecule has 0 spiro atoms. The molecule has 0 aliphatic carbocycles. The average molecular weight is 378 g/mol. The van der Waals surface area contributed by atoms with Crippen LogP contribution in [0.4, 0.5) is 5.69 Å². The fourth-order valence-corrected chi connectivity index (χ4v) is 4.02. The van der Waals surface area contributed by atoms with Crippen molar-refractivity contribution in [2.45, 2.75) is 12.8 Å². The van der Waals surface area contributed by atoms with Crippen LogP contribution in [0.3, 0.4) is 0 Å². The zero-order chi connectivity index (χ0) is 19.3. The van der Waals surface area contributed by atoms with E-state index in [4.69, 9.17) is 0 Å². The van der Waals surface area contributed by atoms with Crippen molar-refractivity contribution in [1.29, 1.82) is 0 Å². The van der Waals surface area contributed by atoms with Crippen LogP contribution in [0.5, 0.6) is 0 Å². The molecule has 1 aromatic heterocycles. The number of rotatable bonds is 5. The number of benzene rings is 1. The van der Waals surface area contributed by atoms with Gasteiger partial charge in [-0.3, -0.25) is 19.5 Å². The number of nitrogens with zero attached hydrogens (tertiary/aromatic N) is 4. The van der Waals surface area contributed by atoms with Crippen molar-refractivity contribution in [3.8, 4) is 0 Å². The smallest absolute Gasteiger partial charge is 0.228 e. The van der Waals surface area contributed by atoms with Crippen LogP contribution in [0.1, 0.15) is 12.0 Å². The van der Waals surface area contributed by atoms with E-state index in [1.165, 1.54) is 5.56 Å². The van der Waals surface area contributed by atoms with Gasteiger partial charge < -0.3 is 9.80 Å². The summed E-state index contributed by atoms with van der Waals surface area (Å²) < 4.78 is 0. The summed E-state index contributed by atoms with van der Waals surface area (Å²) in [7, 11) is 0. The van der Waals surface area contributed by atoms with Gasteiger partial charge in [0.05, 0.1) is 5.92 Å². The van der Waals surface area contributed by atoms with Gasteiger partial charge in [0.1, 0.15) is 0 Å². The van der Waals surface area contributed by atoms with Crippen LogP contribution in [0, 0.1) is 5.92 Å². The van der Waals surface area contributed by atoms with E-state index in [1.54, 1.807) is 4.90 Å². The van der Waals surface area contributed by atoms with E-state index >= 15 is 0 Å². The van der Waals surface area contributed by atoms with Gasteiger partial charge in [0.25, 0.3) is 0 Å². The highest BCUT2D eigenvalue weighted by Crippen LogP contribution is 2.26. The molecule has 6 nitrogen and oxygen atoms in total. The number of hydrogen-bond acceptors (Lipinski definition) is 4. The van der Waals surface area contributed by atoms with E-state index in [2.05, 4.69) is 22.0 Å². The largest absolute Gasteiger partial charge is 0.340 e. The first-order valence-corrected chi connectivity index (χ1v) is 9.96. The van der Waals surface area contributed by atoms with Gasteiger partial charge in [-0.25, -0.2) is 0 Å². The Balaban J connectivity index is 1.27. The van der Waals surface area contributed by atoms with E-state index < -0.39 is 0 Å². The Morgan fingerprint density at radius 1 is 1.00 bits per heavy atom. The molecule has 146 valence electrons. The highest BCUT2D eigenvalue weighted by atomic mass is 16.2. The van der Waals surface area contributed by atoms with E-state index in [9.17, 15) is 9.59 Å². The zero-order valence-corrected chi connectivity index (χ0v) is 16.0. The molecular formula is C22H26N4O2. The number of carbonyl (C=O) groups is 2. The van der Waals surface area contributed by atoms with Crippen molar-refractivity contribution in [1.82, 2.24) is 14.8 Å². The second kappa shape index (κ2) is 8.52. The molecule has 2 aliphatic rings. The Hall–Kier alpha value is -2.73. The molecule has 2 amide bonds. The lowest BCUT2D eigenvalue weighted by Crippen LogP contribution is -2.51. The van der Waals surface area contributed by atoms with E-state index in [1.807, 2.05) is 47.6 Å². The Morgan fingerprint density at radius 3 is 2.43 bits per heavy atom. The third-order valence-electron chi connectivity index (χ3n) is 5.69. The highest BCUT2D eigenvalue weighted by Gasteiger charge is 2.37. The summed E-state index contributed by atoms with van der Waals surface area (Å²) in [5.74, 6) is -0.0582. The van der Waals surface area contributed by atoms with Crippen LogP contribution in [0.25, 0.3) is 0 Å². The monoisotopic (exact) mass is 378 g/mol. The van der Waals surface area contributed by atoms with Gasteiger partial charge in [0.2, 0.25) is 11.8 Å². The normalized spacial score (nSPS) is 20.6. The van der Waals surface area contributed by atoms with Gasteiger partial charge in [-0.2, -0.15) is 0 Å². The standard InChI is InChI=1S/C22H26N4O2/c27-21-16-19(17-26(21)20-4-2-1-3-5-20)22(28)25-14-12-24(13-15-25)11-8-18-6-9-23-10-7-18/h1-7,9-10,19H,8,11-17H2/t19-/m1/s1. The molecule has 2 aromatic rings. The third kappa shape index (κ3) is 4.22. The topological polar surface area (TPSA) is 56.8 Å². The Bertz CT molecular complexity index is 804. The molecule has 0 radical (unpaired) electrons. The van der Waals surface area contributed by atoms with Gasteiger partial charge in [-0.05, 0) is 36.2 Å². The molecule has 2 aliphatic heterocycles. The minimum Gasteiger partial charge on any atom is -0.340 e. The first kappa shape index (κ1) is 18.6. The maximum Gasteiger partial charge on any atom is 0.228 e. The molecule has 1 aromatic carbocycles. The Morgan fingerprint density at radius 2 is 1.71 bits per heavy atom. The van der Waals surface area contributed by atoms with Crippen molar-refractivity contribution >= 4 is 17.5 Å². The van der Waals surface area contributed by atoms with Gasteiger partial charge in [-0.1, -0.05) is 18.2 Å². The molecule has 3 heterocycles. The van der Waals surface area contributed by atoms with E-state index in [-0.39, 0.29) is 17.7 Å². The van der Waals surface area contributed by atoms with Crippen LogP contribution in [0.15, 0.2) is 54.9 Å². The minimum atomic E-state index is -0.226. The molecule has 28 heavy (non-hydrogen) atoms. The number of pyridine rings is 1. The second-order valence-electron chi connectivity index (χ2n) is 7.51. The Labute approximate surface area is 165 Å². The van der Waals surface area contributed by atoms with Gasteiger partial charge in [0, 0.05) is 63.8 Å². The van der Waals surface area contributed by atoms with Crippen molar-refractivity contribution in [3.05, 3.63) is 60.4 Å². The van der Waals surface area contributed by atoms with Gasteiger partial charge in [0.15, 0.2) is 0 Å². The van der Waals surface area contributed by atoms with Crippen LogP contribution < -0.4 is 4.90 Å². The lowest BCUT2D eigenvalue weighted by Gasteiger charge is -2.35. The number of para-hydroxylation sites is 1. The number of aromatic nitrogens is 1. The number of anilines is 1. The molecular weight excluding hydrogens is 352 g/mol. The van der Waals surface area contributed by atoms with E-state index in [0.29, 0.717) is 13.0 Å². The SMILES string of the molecule is O=C([C@@H]1CC(=O)N(c2ccccc2)C1)N1CCN(CCc2ccncc2)CC1. The van der Waals surface area contributed by atoms with Crippen LogP contribution in [-0.2, 0) is 16.0 Å². The molecule has 2 saturated heterocycles. The maximum absolute atomic E-state index is 12.9. The minimum absolute atomic E-state index is 0.0422. The molecule has 1 atom stereocenters. The highest BCUT2D eigenvalue weighted by molar-refractivity contribution is 6.00. The van der Waals surface area contributed by atoms with Crippen LogP contribution >= 0.6 is 0 Å². The number of piperazine rings is 1. The molecule has 0 unspecified atom stereocenters. The summed E-state index contributed by atoms with van der Waals surface area (Å²) in [6.07, 6.45) is 4.97. The zero-order valence-electron chi connectivity index (χ0n) is 16.0. The van der Waals surface area contributed by atoms with Crippen molar-refractivity contribution < 1.29 is 9.59 Å². The van der Waals surface area contributed by atoms with Crippen LogP contribution in [0.2, 0.25) is 0 Å². The second-order valence-corrected chi connectivity index (χ2v) is 7.51. The number of amides is 2. The van der Waals surface area contributed by atoms with Gasteiger partial charge in [-0.15, -0.1) is 0 Å². The summed E-state index contributed by atoms with van der Waals surface area (Å²) in [6, 6.07) is 13.7. The molecule has 0 N–H and O–H groups in total. The molecule has 6 heteroatoms. The lowest BCUT2D eigenvalue weighted by molar-refractivity contribution is -0.137. The first-order valence-electron chi connectivity index (χ1n) is 9.96. The van der Waals surface area contributed by atoms with Gasteiger partial charge >= 0.3 is 0 Å². The van der Waals surface area contributed by atoms with Crippen molar-refractivity contribution in [2.75, 3.05) is 44.2 Å². The first-order chi connectivity index (χ1) is 13.7. The number of hydrogen-bond donors (Lipinski definition) is 0. The fourth-order valence-electron chi connectivity index (χ4n) is 4.02. The third-order valence-corrected chi connectivity index (χ3v) is 5.69. The summed E-state index contributed by atoms with van der Waals surface area (Å²) in [5.41, 5.74) is 2.17. The molecule has 4 rings (SSSR count). The predicted molar refractivity (Wildman–Crippen MR) is 108 cm³/mol. The summed E-state index contributed by atoms with van der Waals surface area (Å²) in [4.78, 5) is 35.5. The maximum atomic E-state index is 12.9. The quantitative estimate of drug-likeness (QED) is 0.796. The summed E-state index contributed by atoms with van der Waals surface area (Å²) in [5, 5.41) is 0. The molecule has 0 bridgehead atoms. The molecule has 2 fully saturated rings. The number of carbonyl (C=O) groups excluding carboxylic acids is 2. The molecule has 0 saturated carbocycles. The summed E-state index contributed by atoms with van der Waals surface area (Å²) in [6.45, 7) is 4.75. The fraction of sp³-hybridized carbons (Fsp3) is 0.409. The van der Waals surface area contributed by atoms with Crippen LogP contribution in [-0.4, -0.2) is 65.9 Å². The van der Waals surface area contributed by atoms with Crippen molar-refractivity contribution in [2.24, 2.45) is 5.92 Å². The van der Waals surface area contributed by atoms with Crippen molar-refractivity contribution in [3.63, 3.8) is 0 Å². The summed E-state index contributed by atoms with van der Waals surface area (Å²) >= 11 is 0. The predicted octanol–water partition coefficient (Wildman–Crippen LogP) is 1.82. The average Bonchev–Trinajstić information content (AvgIpc) is 3.15.